The first-order chi connectivity index (χ1) is 36.4. The number of nitrogens with one attached hydrogen (secondary N) is 2. The van der Waals surface area contributed by atoms with E-state index in [9.17, 15) is 45.3 Å². The van der Waals surface area contributed by atoms with Crippen LogP contribution in [-0.2, 0) is 66.8 Å². The smallest absolute Gasteiger partial charge is 1.00 e. The molecular formula is C49H62BBrCl2N2Na4O21P2S2Si. The molecule has 0 aromatic heterocycles. The van der Waals surface area contributed by atoms with Crippen LogP contribution >= 0.6 is 53.7 Å². The van der Waals surface area contributed by atoms with Gasteiger partial charge in [0.2, 0.25) is 31.5 Å². The molecule has 0 saturated heterocycles. The molecule has 2 aliphatic heterocycles. The topological polar surface area (TPSA) is 407 Å². The molecule has 2 heterocycles. The molecule has 8 rings (SSSR count). The number of fused-ring (bicyclic) bond motifs is 4. The Morgan fingerprint density at radius 1 is 0.635 bits per heavy atom. The van der Waals surface area contributed by atoms with E-state index >= 15 is 0 Å². The molecule has 12 N–H and O–H groups in total. The molecule has 448 valence electrons. The molecule has 2 amide bonds. The summed E-state index contributed by atoms with van der Waals surface area (Å²) in [5, 5.41) is 28.4. The number of sulfone groups is 2. The number of aliphatic carboxylic acids is 1. The van der Waals surface area contributed by atoms with E-state index in [0.29, 0.717) is 11.4 Å². The maximum atomic E-state index is 13.9. The zero-order valence-corrected chi connectivity index (χ0v) is 63.2. The van der Waals surface area contributed by atoms with Crippen LogP contribution in [0.1, 0.15) is 37.6 Å². The van der Waals surface area contributed by atoms with Crippen molar-refractivity contribution in [1.82, 2.24) is 0 Å². The molecule has 23 nitrogen and oxygen atoms in total. The second-order valence-electron chi connectivity index (χ2n) is 17.2. The van der Waals surface area contributed by atoms with Crippen LogP contribution in [0.3, 0.4) is 0 Å². The van der Waals surface area contributed by atoms with Crippen LogP contribution in [0, 0.1) is 0 Å². The summed E-state index contributed by atoms with van der Waals surface area (Å²) < 4.78 is 96.5. The molecule has 0 saturated carbocycles. The predicted octanol–water partition coefficient (Wildman–Crippen LogP) is -2.63. The summed E-state index contributed by atoms with van der Waals surface area (Å²) in [6.07, 6.45) is 0. The number of amides is 2. The molecule has 2 unspecified atom stereocenters. The third kappa shape index (κ3) is 27.2. The molecule has 85 heavy (non-hydrogen) atoms. The van der Waals surface area contributed by atoms with Crippen LogP contribution in [-0.4, -0.2) is 110 Å². The summed E-state index contributed by atoms with van der Waals surface area (Å²) in [6, 6.07) is 33.5. The van der Waals surface area contributed by atoms with Crippen LogP contribution in [0.4, 0.5) is 11.4 Å². The quantitative estimate of drug-likeness (QED) is 0.0214. The van der Waals surface area contributed by atoms with Crippen molar-refractivity contribution in [3.05, 3.63) is 153 Å². The van der Waals surface area contributed by atoms with Crippen LogP contribution in [0.5, 0.6) is 0 Å². The minimum absolute atomic E-state index is 0. The van der Waals surface area contributed by atoms with Gasteiger partial charge in [-0.3, -0.25) is 23.5 Å². The molecule has 36 heteroatoms. The first-order valence-electron chi connectivity index (χ1n) is 22.7. The van der Waals surface area contributed by atoms with E-state index in [1.165, 1.54) is 36.4 Å². The fourth-order valence-electron chi connectivity index (χ4n) is 7.41. The molecule has 2 aliphatic rings. The molecule has 0 aliphatic carbocycles. The van der Waals surface area contributed by atoms with Gasteiger partial charge in [-0.05, 0) is 107 Å². The molecule has 0 fully saturated rings. The van der Waals surface area contributed by atoms with Crippen molar-refractivity contribution >= 4 is 149 Å². The summed E-state index contributed by atoms with van der Waals surface area (Å²) in [5.74, 6) is -2.57. The summed E-state index contributed by atoms with van der Waals surface area (Å²) in [7, 11) is -17.1. The zero-order valence-electron chi connectivity index (χ0n) is 51.7. The Hall–Kier alpha value is -1.33. The number of carbonyl (C=O) groups is 3. The fraction of sp³-hybridized carbons (Fsp3) is 0.204. The minimum atomic E-state index is -5.08. The van der Waals surface area contributed by atoms with Gasteiger partial charge in [0.25, 0.3) is 5.97 Å². The SMILES string of the molecule is CC(=O)O.CCOP(=O)(OCC)C(C(=O)Nc1ccc2ccccc2c1)C1=CS(=O)(=O)c2ccc(Cl)cc21.C[Si](C)(C)Br.O.O.O.O=BOOO.O=C(Nc1ccc2ccccc2c1)C(C1=CS(=O)(=O)c2ccc(Cl)cc21)P(=O)(O)O.[H-].[H-].[H-].[H-].[Na+].[Na+].[Na+].[Na+]. The van der Waals surface area contributed by atoms with E-state index in [1.54, 1.807) is 44.2 Å². The van der Waals surface area contributed by atoms with Gasteiger partial charge in [0.15, 0.2) is 11.3 Å². The normalized spacial score (nSPS) is 13.2. The summed E-state index contributed by atoms with van der Waals surface area (Å²) in [4.78, 5) is 58.4. The first kappa shape index (κ1) is 90.1. The van der Waals surface area contributed by atoms with Crippen LogP contribution in [0.15, 0.2) is 142 Å². The number of halogens is 3. The third-order valence-electron chi connectivity index (χ3n) is 10.2. The molecule has 0 bridgehead atoms. The average Bonchev–Trinajstić information content (AvgIpc) is 3.73. The Morgan fingerprint density at radius 3 is 1.27 bits per heavy atom. The van der Waals surface area contributed by atoms with Gasteiger partial charge in [0.1, 0.15) is 6.69 Å². The van der Waals surface area contributed by atoms with E-state index in [2.05, 4.69) is 55.4 Å². The van der Waals surface area contributed by atoms with Gasteiger partial charge >= 0.3 is 161 Å². The van der Waals surface area contributed by atoms with Gasteiger partial charge < -0.3 is 56.7 Å². The Bertz CT molecular complexity index is 3640. The predicted molar refractivity (Wildman–Crippen MR) is 321 cm³/mol. The Labute approximate surface area is 605 Å². The Morgan fingerprint density at radius 2 is 0.965 bits per heavy atom. The monoisotopic (exact) mass is 1420 g/mol. The summed E-state index contributed by atoms with van der Waals surface area (Å²) in [5.41, 5.74) is -2.84. The first-order valence-corrected chi connectivity index (χ1v) is 35.6. The molecule has 6 aromatic carbocycles. The van der Waals surface area contributed by atoms with Crippen LogP contribution < -0.4 is 129 Å². The average molecular weight is 1420 g/mol. The summed E-state index contributed by atoms with van der Waals surface area (Å²) >= 11 is 15.6. The Balaban J connectivity index is -0.000000184. The molecule has 6 aromatic rings. The number of rotatable bonds is 14. The maximum Gasteiger partial charge on any atom is 1.00 e. The van der Waals surface area contributed by atoms with Crippen molar-refractivity contribution in [3.63, 3.8) is 0 Å². The van der Waals surface area contributed by atoms with Gasteiger partial charge in [0, 0.05) is 50.3 Å². The molecule has 2 atom stereocenters. The number of carbonyl (C=O) groups excluding carboxylic acids is 2. The Kier molecular flexibility index (Phi) is 42.9. The van der Waals surface area contributed by atoms with Crippen molar-refractivity contribution in [3.8, 4) is 0 Å². The van der Waals surface area contributed by atoms with Crippen molar-refractivity contribution in [2.24, 2.45) is 0 Å². The molecular weight excluding hydrogens is 1360 g/mol. The molecule has 0 radical (unpaired) electrons. The third-order valence-corrected chi connectivity index (χ3v) is 17.3. The van der Waals surface area contributed by atoms with Gasteiger partial charge in [0.05, 0.1) is 23.0 Å². The maximum absolute atomic E-state index is 13.9. The number of benzene rings is 6. The fourth-order valence-corrected chi connectivity index (χ4v) is 13.8. The second kappa shape index (κ2) is 40.5. The van der Waals surface area contributed by atoms with E-state index in [1.807, 2.05) is 54.6 Å². The standard InChI is InChI=1S/C24H23ClNO6PS.C20H15ClNO6PS.C3H9BrSi.C2H4O2.BHO4.4Na.3H2O.4H/c1-3-31-33(28,32-4-2)23(21-15-34(29,30)22-12-10-18(25)14-20(21)22)24(27)26-19-11-9-16-7-5-6-8-17(16)13-19;21-14-6-8-18-16(10-14)17(11-30(18,27)28)19(29(24,25)26)20(23)22-15-7-5-12-3-1-2-4-13(12)9-15;1-5(2,3)4;1-2(3)4;2-1-4-5-3;;;;;;;;;;;/h5-15,23H,3-4H2,1-2H3,(H,26,27);1-11,19H,(H,22,23)(H2,24,25,26);1-3H3;1H3,(H,3,4);3H;;;;;3*1H2;;;;/q;;;;;4*+1;;;;4*-1. The van der Waals surface area contributed by atoms with Crippen molar-refractivity contribution in [2.45, 2.75) is 61.5 Å². The second-order valence-corrected chi connectivity index (χ2v) is 36.7. The zero-order chi connectivity index (χ0) is 58.4. The van der Waals surface area contributed by atoms with Gasteiger partial charge in [-0.2, -0.15) is 0 Å². The van der Waals surface area contributed by atoms with Gasteiger partial charge in [-0.1, -0.05) is 104 Å². The number of hydrogen-bond donors (Lipinski definition) is 6. The number of carboxylic acid groups (broad SMARTS) is 1. The molecule has 0 spiro atoms. The van der Waals surface area contributed by atoms with Crippen molar-refractivity contribution < 1.29 is 224 Å². The largest absolute Gasteiger partial charge is 1.00 e. The summed E-state index contributed by atoms with van der Waals surface area (Å²) in [6.45, 7) is 10.3. The van der Waals surface area contributed by atoms with E-state index in [4.69, 9.17) is 52.1 Å². The van der Waals surface area contributed by atoms with Gasteiger partial charge in [-0.15, -0.1) is 15.3 Å². The number of carboxylic acids is 1. The number of hydrogen-bond acceptors (Lipinski definition) is 15. The number of anilines is 2. The van der Waals surface area contributed by atoms with E-state index in [0.717, 1.165) is 39.3 Å². The van der Waals surface area contributed by atoms with E-state index in [-0.39, 0.29) is 203 Å². The van der Waals surface area contributed by atoms with E-state index < -0.39 is 70.7 Å². The minimum Gasteiger partial charge on any atom is -1.00 e. The van der Waals surface area contributed by atoms with Crippen molar-refractivity contribution in [1.29, 1.82) is 0 Å². The van der Waals surface area contributed by atoms with Crippen LogP contribution in [0.25, 0.3) is 32.7 Å². The van der Waals surface area contributed by atoms with Crippen LogP contribution in [0.2, 0.25) is 29.7 Å². The van der Waals surface area contributed by atoms with Gasteiger partial charge in [-0.25, -0.2) is 16.8 Å². The van der Waals surface area contributed by atoms with Crippen molar-refractivity contribution in [2.75, 3.05) is 23.8 Å².